The fourth-order valence-corrected chi connectivity index (χ4v) is 3.30. The molecule has 0 atom stereocenters. The van der Waals surface area contributed by atoms with Crippen LogP contribution in [0.2, 0.25) is 0 Å². The van der Waals surface area contributed by atoms with Crippen molar-refractivity contribution in [3.05, 3.63) is 17.6 Å². The van der Waals surface area contributed by atoms with Gasteiger partial charge >= 0.3 is 0 Å². The molecule has 5 nitrogen and oxygen atoms in total. The molecule has 1 N–H and O–H groups in total. The van der Waals surface area contributed by atoms with Crippen LogP contribution in [0.25, 0.3) is 0 Å². The summed E-state index contributed by atoms with van der Waals surface area (Å²) in [5.41, 5.74) is 0.969. The number of rotatable bonds is 4. The van der Waals surface area contributed by atoms with Crippen LogP contribution in [0.4, 0.5) is 5.82 Å². The van der Waals surface area contributed by atoms with Crippen LogP contribution in [-0.4, -0.2) is 29.0 Å². The van der Waals surface area contributed by atoms with Crippen LogP contribution in [0.3, 0.4) is 0 Å². The number of carbonyl (C=O) groups excluding carboxylic acids is 1. The molecule has 114 valence electrons. The van der Waals surface area contributed by atoms with E-state index in [2.05, 4.69) is 20.2 Å². The Morgan fingerprint density at radius 2 is 1.95 bits per heavy atom. The number of nitrogens with zero attached hydrogens (tertiary/aromatic N) is 3. The number of nitrogens with one attached hydrogen (secondary N) is 1. The largest absolute Gasteiger partial charge is 0.357 e. The maximum absolute atomic E-state index is 12.1. The van der Waals surface area contributed by atoms with Crippen molar-refractivity contribution < 1.29 is 4.79 Å². The molecule has 0 radical (unpaired) electrons. The molecule has 2 aliphatic rings. The van der Waals surface area contributed by atoms with Gasteiger partial charge in [-0.15, -0.1) is 0 Å². The van der Waals surface area contributed by atoms with Crippen LogP contribution in [-0.2, 0) is 11.3 Å². The number of aryl methyl sites for hydroxylation is 1. The van der Waals surface area contributed by atoms with Gasteiger partial charge in [0.25, 0.3) is 0 Å². The first kappa shape index (κ1) is 14.3. The fourth-order valence-electron chi connectivity index (χ4n) is 3.30. The van der Waals surface area contributed by atoms with Crippen molar-refractivity contribution in [2.75, 3.05) is 18.0 Å². The lowest BCUT2D eigenvalue weighted by molar-refractivity contribution is -0.125. The van der Waals surface area contributed by atoms with Crippen LogP contribution in [0.5, 0.6) is 0 Å². The molecule has 1 aromatic heterocycles. The summed E-state index contributed by atoms with van der Waals surface area (Å²) in [5.74, 6) is 2.10. The van der Waals surface area contributed by atoms with Gasteiger partial charge in [0.15, 0.2) is 0 Å². The van der Waals surface area contributed by atoms with E-state index < -0.39 is 0 Å². The first-order valence-corrected chi connectivity index (χ1v) is 8.09. The Labute approximate surface area is 126 Å². The number of carbonyl (C=O) groups is 1. The minimum absolute atomic E-state index is 0.167. The molecule has 0 aromatic carbocycles. The SMILES string of the molecule is Cc1cc(N2CCCC2)nc(CNC(=O)C2CCCC2)n1. The molecule has 5 heteroatoms. The Kier molecular flexibility index (Phi) is 4.36. The second-order valence-corrected chi connectivity index (χ2v) is 6.18. The van der Waals surface area contributed by atoms with E-state index in [4.69, 9.17) is 0 Å². The van der Waals surface area contributed by atoms with Gasteiger partial charge in [0.05, 0.1) is 6.54 Å². The molecule has 0 spiro atoms. The van der Waals surface area contributed by atoms with E-state index in [0.717, 1.165) is 43.3 Å². The third-order valence-electron chi connectivity index (χ3n) is 4.46. The summed E-state index contributed by atoms with van der Waals surface area (Å²) in [4.78, 5) is 23.4. The van der Waals surface area contributed by atoms with Crippen molar-refractivity contribution in [2.24, 2.45) is 5.92 Å². The van der Waals surface area contributed by atoms with Crippen molar-refractivity contribution in [3.8, 4) is 0 Å². The standard InChI is InChI=1S/C16H24N4O/c1-12-10-15(20-8-4-5-9-20)19-14(18-12)11-17-16(21)13-6-2-3-7-13/h10,13H,2-9,11H2,1H3,(H,17,21). The molecule has 2 fully saturated rings. The second kappa shape index (κ2) is 6.41. The molecule has 2 heterocycles. The molecule has 0 unspecified atom stereocenters. The Bertz CT molecular complexity index is 505. The van der Waals surface area contributed by atoms with E-state index >= 15 is 0 Å². The molecule has 1 aromatic rings. The summed E-state index contributed by atoms with van der Waals surface area (Å²) < 4.78 is 0. The lowest BCUT2D eigenvalue weighted by atomic mass is 10.1. The lowest BCUT2D eigenvalue weighted by Gasteiger charge is -2.17. The number of amides is 1. The van der Waals surface area contributed by atoms with E-state index in [9.17, 15) is 4.79 Å². The van der Waals surface area contributed by atoms with Gasteiger partial charge in [-0.1, -0.05) is 12.8 Å². The highest BCUT2D eigenvalue weighted by atomic mass is 16.1. The average molecular weight is 288 g/mol. The first-order chi connectivity index (χ1) is 10.2. The van der Waals surface area contributed by atoms with Gasteiger partial charge < -0.3 is 10.2 Å². The minimum atomic E-state index is 0.167. The van der Waals surface area contributed by atoms with Crippen molar-refractivity contribution >= 4 is 11.7 Å². The third-order valence-corrected chi connectivity index (χ3v) is 4.46. The smallest absolute Gasteiger partial charge is 0.223 e. The Hall–Kier alpha value is -1.65. The summed E-state index contributed by atoms with van der Waals surface area (Å²) in [7, 11) is 0. The van der Waals surface area contributed by atoms with E-state index in [1.807, 2.05) is 13.0 Å². The number of hydrogen-bond acceptors (Lipinski definition) is 4. The maximum atomic E-state index is 12.1. The highest BCUT2D eigenvalue weighted by molar-refractivity contribution is 5.78. The summed E-state index contributed by atoms with van der Waals surface area (Å²) in [5, 5.41) is 3.00. The minimum Gasteiger partial charge on any atom is -0.357 e. The average Bonchev–Trinajstić information content (AvgIpc) is 3.16. The van der Waals surface area contributed by atoms with Gasteiger partial charge in [0.1, 0.15) is 11.6 Å². The molecule has 1 saturated heterocycles. The van der Waals surface area contributed by atoms with Crippen LogP contribution < -0.4 is 10.2 Å². The van der Waals surface area contributed by atoms with Crippen molar-refractivity contribution in [3.63, 3.8) is 0 Å². The third kappa shape index (κ3) is 3.52. The molecule has 0 bridgehead atoms. The number of anilines is 1. The van der Waals surface area contributed by atoms with Crippen molar-refractivity contribution in [1.29, 1.82) is 0 Å². The van der Waals surface area contributed by atoms with Crippen LogP contribution in [0.1, 0.15) is 50.0 Å². The second-order valence-electron chi connectivity index (χ2n) is 6.18. The highest BCUT2D eigenvalue weighted by Gasteiger charge is 2.22. The molecule has 1 amide bonds. The zero-order valence-electron chi connectivity index (χ0n) is 12.8. The van der Waals surface area contributed by atoms with Gasteiger partial charge in [0.2, 0.25) is 5.91 Å². The molecule has 1 aliphatic heterocycles. The van der Waals surface area contributed by atoms with Gasteiger partial charge in [0, 0.05) is 30.8 Å². The summed E-state index contributed by atoms with van der Waals surface area (Å²) in [6, 6.07) is 2.04. The normalized spacial score (nSPS) is 19.2. The summed E-state index contributed by atoms with van der Waals surface area (Å²) in [6.07, 6.45) is 6.88. The first-order valence-electron chi connectivity index (χ1n) is 8.09. The van der Waals surface area contributed by atoms with Crippen LogP contribution >= 0.6 is 0 Å². The van der Waals surface area contributed by atoms with Crippen LogP contribution in [0.15, 0.2) is 6.07 Å². The molecule has 21 heavy (non-hydrogen) atoms. The Morgan fingerprint density at radius 1 is 1.24 bits per heavy atom. The molecular weight excluding hydrogens is 264 g/mol. The predicted molar refractivity (Wildman–Crippen MR) is 82.0 cm³/mol. The van der Waals surface area contributed by atoms with E-state index in [0.29, 0.717) is 6.54 Å². The van der Waals surface area contributed by atoms with Crippen molar-refractivity contribution in [1.82, 2.24) is 15.3 Å². The van der Waals surface area contributed by atoms with E-state index in [-0.39, 0.29) is 11.8 Å². The zero-order chi connectivity index (χ0) is 14.7. The monoisotopic (exact) mass is 288 g/mol. The number of hydrogen-bond donors (Lipinski definition) is 1. The zero-order valence-corrected chi connectivity index (χ0v) is 12.8. The van der Waals surface area contributed by atoms with Gasteiger partial charge in [-0.05, 0) is 32.6 Å². The van der Waals surface area contributed by atoms with E-state index in [1.54, 1.807) is 0 Å². The Balaban J connectivity index is 1.63. The quantitative estimate of drug-likeness (QED) is 0.922. The molecular formula is C16H24N4O. The predicted octanol–water partition coefficient (Wildman–Crippen LogP) is 2.19. The number of aromatic nitrogens is 2. The topological polar surface area (TPSA) is 58.1 Å². The summed E-state index contributed by atoms with van der Waals surface area (Å²) >= 11 is 0. The van der Waals surface area contributed by atoms with E-state index in [1.165, 1.54) is 25.7 Å². The van der Waals surface area contributed by atoms with Gasteiger partial charge in [-0.3, -0.25) is 4.79 Å². The van der Waals surface area contributed by atoms with Gasteiger partial charge in [-0.25, -0.2) is 9.97 Å². The molecule has 1 aliphatic carbocycles. The summed E-state index contributed by atoms with van der Waals surface area (Å²) in [6.45, 7) is 4.58. The van der Waals surface area contributed by atoms with Crippen molar-refractivity contribution in [2.45, 2.75) is 52.0 Å². The lowest BCUT2D eigenvalue weighted by Crippen LogP contribution is -2.30. The molecule has 3 rings (SSSR count). The van der Waals surface area contributed by atoms with Gasteiger partial charge in [-0.2, -0.15) is 0 Å². The van der Waals surface area contributed by atoms with Crippen LogP contribution in [0, 0.1) is 12.8 Å². The fraction of sp³-hybridized carbons (Fsp3) is 0.688. The highest BCUT2D eigenvalue weighted by Crippen LogP contribution is 2.24. The maximum Gasteiger partial charge on any atom is 0.223 e. The Morgan fingerprint density at radius 3 is 2.67 bits per heavy atom. The molecule has 1 saturated carbocycles.